The van der Waals surface area contributed by atoms with Crippen molar-refractivity contribution in [2.75, 3.05) is 110 Å². The second-order valence-electron chi connectivity index (χ2n) is 26.5. The number of hydrogen-bond acceptors (Lipinski definition) is 19. The van der Waals surface area contributed by atoms with Crippen LogP contribution >= 0.6 is 0 Å². The Morgan fingerprint density at radius 2 is 1.01 bits per heavy atom. The highest BCUT2D eigenvalue weighted by Gasteiger charge is 2.33. The molecule has 102 heavy (non-hydrogen) atoms. The van der Waals surface area contributed by atoms with Crippen LogP contribution in [-0.2, 0) is 86.5 Å². The number of aliphatic carboxylic acids is 3. The number of fused-ring (bicyclic) bond motifs is 1. The fraction of sp³-hybridized carbons (Fsp3) is 0.559. The standard InChI is InChI=1S/C68H101N17O17/c1-41(2)25-49(26-42(3)4)78-67(100)54(28-50-31-69-40-74-50)79-56(87)33-73-68(101)63(43(5)6)81-65(98)45(8)76-66(99)53(27-47-30-70-52-12-10-9-11-51(47)52)80-64(97)44(7)75-55(86)32-72-58(89)38-102-39-59(90)77-48-15-13-46(14-16-48)29-71-57(88)34-82-17-19-83(35-60(91)92)21-23-85(37-62(95)96)24-22-84(20-18-82)36-61(93)94/h9-16,30-31,40-45,49,53-54,63,70H,17-29,32-39H2,1-8H3,(H,69,74)(H,71,88)(H,72,89)(H,73,101)(H,75,86)(H,76,99)(H,77,90)(H,78,100)(H,79,87)(H,80,97)(H,81,98)(H,91,92)(H,93,94)(H,95,96)/t44-,45-,53-,54-,63?/m0/s1. The molecule has 1 fully saturated rings. The molecule has 1 unspecified atom stereocenters. The molecule has 15 N–H and O–H groups in total. The molecule has 1 aliphatic heterocycles. The molecule has 0 bridgehead atoms. The Kier molecular flexibility index (Phi) is 34.4. The molecular formula is C68H101N17O17. The number of aromatic nitrogens is 3. The maximum absolute atomic E-state index is 14.1. The smallest absolute Gasteiger partial charge is 0.317 e. The highest BCUT2D eigenvalue weighted by atomic mass is 16.5. The second-order valence-corrected chi connectivity index (χ2v) is 26.5. The summed E-state index contributed by atoms with van der Waals surface area (Å²) >= 11 is 0. The van der Waals surface area contributed by atoms with Crippen LogP contribution < -0.4 is 53.2 Å². The van der Waals surface area contributed by atoms with Gasteiger partial charge in [0, 0.05) is 112 Å². The van der Waals surface area contributed by atoms with Crippen molar-refractivity contribution in [2.24, 2.45) is 17.8 Å². The Balaban J connectivity index is 1.06. The summed E-state index contributed by atoms with van der Waals surface area (Å²) < 4.78 is 5.26. The number of benzene rings is 2. The Hall–Kier alpha value is -9.90. The number of H-pyrrole nitrogens is 2. The van der Waals surface area contributed by atoms with Gasteiger partial charge in [0.2, 0.25) is 59.1 Å². The van der Waals surface area contributed by atoms with Crippen molar-refractivity contribution in [1.82, 2.24) is 82.4 Å². The minimum absolute atomic E-state index is 0.0786. The molecule has 3 heterocycles. The molecule has 1 saturated heterocycles. The van der Waals surface area contributed by atoms with E-state index in [-0.39, 0.29) is 110 Å². The van der Waals surface area contributed by atoms with Crippen molar-refractivity contribution in [3.63, 3.8) is 0 Å². The van der Waals surface area contributed by atoms with Crippen LogP contribution in [-0.4, -0.2) is 268 Å². The van der Waals surface area contributed by atoms with Gasteiger partial charge in [-0.2, -0.15) is 0 Å². The first-order valence-corrected chi connectivity index (χ1v) is 34.0. The monoisotopic (exact) mass is 1430 g/mol. The van der Waals surface area contributed by atoms with E-state index >= 15 is 0 Å². The number of nitrogens with one attached hydrogen (secondary N) is 12. The van der Waals surface area contributed by atoms with E-state index in [1.165, 1.54) is 20.2 Å². The highest BCUT2D eigenvalue weighted by molar-refractivity contribution is 5.97. The fourth-order valence-electron chi connectivity index (χ4n) is 11.2. The number of amides is 10. The van der Waals surface area contributed by atoms with Crippen molar-refractivity contribution in [3.05, 3.63) is 84.1 Å². The average Bonchev–Trinajstić information content (AvgIpc) is 1.66. The van der Waals surface area contributed by atoms with Crippen LogP contribution in [0.5, 0.6) is 0 Å². The van der Waals surface area contributed by atoms with Crippen LogP contribution in [0.4, 0.5) is 5.69 Å². The predicted molar refractivity (Wildman–Crippen MR) is 373 cm³/mol. The predicted octanol–water partition coefficient (Wildman–Crippen LogP) is -1.65. The summed E-state index contributed by atoms with van der Waals surface area (Å²) in [6, 6.07) is 7.53. The summed E-state index contributed by atoms with van der Waals surface area (Å²) in [7, 11) is 0. The third kappa shape index (κ3) is 30.9. The number of carbonyl (C=O) groups excluding carboxylic acids is 10. The molecule has 4 aromatic rings. The molecule has 5 rings (SSSR count). The van der Waals surface area contributed by atoms with E-state index in [0.29, 0.717) is 34.3 Å². The molecule has 560 valence electrons. The van der Waals surface area contributed by atoms with Crippen LogP contribution in [0, 0.1) is 17.8 Å². The average molecular weight is 1430 g/mol. The van der Waals surface area contributed by atoms with Crippen LogP contribution in [0.3, 0.4) is 0 Å². The molecule has 0 spiro atoms. The van der Waals surface area contributed by atoms with Crippen molar-refractivity contribution in [2.45, 2.75) is 124 Å². The number of carboxylic acid groups (broad SMARTS) is 3. The highest BCUT2D eigenvalue weighted by Crippen LogP contribution is 2.20. The number of carboxylic acids is 3. The SMILES string of the molecule is CC(C)CC(CC(C)C)NC(=O)[C@H](Cc1cnc[nH]1)NC(=O)CNC(=O)C(NC(=O)[C@H](C)NC(=O)[C@H](Cc1c[nH]c2ccccc12)NC(=O)[C@H](C)NC(=O)CNC(=O)COCC(=O)Nc1ccc(CNC(=O)CN2CCN(CC(=O)O)CCN(CC(=O)O)CCN(CC(=O)O)CC2)cc1)C(C)C. The van der Waals surface area contributed by atoms with E-state index in [4.69, 9.17) is 4.74 Å². The maximum atomic E-state index is 14.1. The number of imidazole rings is 1. The van der Waals surface area contributed by atoms with Crippen molar-refractivity contribution >= 4 is 93.6 Å². The number of rotatable bonds is 39. The van der Waals surface area contributed by atoms with Gasteiger partial charge in [0.05, 0.1) is 45.6 Å². The normalized spacial score (nSPS) is 15.1. The zero-order valence-electron chi connectivity index (χ0n) is 59.2. The number of ether oxygens (including phenoxy) is 1. The summed E-state index contributed by atoms with van der Waals surface area (Å²) in [5.74, 6) is -9.78. The number of nitrogens with zero attached hydrogens (tertiary/aromatic N) is 5. The summed E-state index contributed by atoms with van der Waals surface area (Å²) in [6.45, 7) is 13.1. The van der Waals surface area contributed by atoms with Gasteiger partial charge in [-0.05, 0) is 73.8 Å². The first-order chi connectivity index (χ1) is 48.4. The Morgan fingerprint density at radius 1 is 0.500 bits per heavy atom. The lowest BCUT2D eigenvalue weighted by atomic mass is 9.95. The van der Waals surface area contributed by atoms with E-state index in [1.54, 1.807) is 76.2 Å². The summed E-state index contributed by atoms with van der Waals surface area (Å²) in [5.41, 5.74) is 3.02. The number of para-hydroxylation sites is 1. The van der Waals surface area contributed by atoms with Crippen LogP contribution in [0.2, 0.25) is 0 Å². The molecule has 10 amide bonds. The Labute approximate surface area is 592 Å². The van der Waals surface area contributed by atoms with Gasteiger partial charge in [-0.1, -0.05) is 71.9 Å². The van der Waals surface area contributed by atoms with Gasteiger partial charge < -0.3 is 83.2 Å². The third-order valence-corrected chi connectivity index (χ3v) is 16.4. The summed E-state index contributed by atoms with van der Waals surface area (Å²) in [5, 5.41) is 55.8. The van der Waals surface area contributed by atoms with Crippen LogP contribution in [0.1, 0.15) is 85.1 Å². The van der Waals surface area contributed by atoms with E-state index in [1.807, 2.05) is 18.2 Å². The first-order valence-electron chi connectivity index (χ1n) is 34.0. The minimum Gasteiger partial charge on any atom is -0.480 e. The molecule has 1 aliphatic rings. The van der Waals surface area contributed by atoms with Gasteiger partial charge in [-0.25, -0.2) is 4.98 Å². The van der Waals surface area contributed by atoms with Crippen molar-refractivity contribution in [3.8, 4) is 0 Å². The maximum Gasteiger partial charge on any atom is 0.317 e. The fourth-order valence-corrected chi connectivity index (χ4v) is 11.2. The van der Waals surface area contributed by atoms with Crippen molar-refractivity contribution < 1.29 is 82.4 Å². The van der Waals surface area contributed by atoms with Gasteiger partial charge in [-0.15, -0.1) is 0 Å². The zero-order chi connectivity index (χ0) is 75.0. The largest absolute Gasteiger partial charge is 0.480 e. The Morgan fingerprint density at radius 3 is 1.56 bits per heavy atom. The lowest BCUT2D eigenvalue weighted by molar-refractivity contribution is -0.140. The van der Waals surface area contributed by atoms with Gasteiger partial charge in [0.1, 0.15) is 43.4 Å². The topological polar surface area (TPSA) is 470 Å². The second kappa shape index (κ2) is 42.4. The molecule has 2 aromatic heterocycles. The number of hydrogen-bond donors (Lipinski definition) is 15. The summed E-state index contributed by atoms with van der Waals surface area (Å²) in [4.78, 5) is 186. The lowest BCUT2D eigenvalue weighted by Gasteiger charge is -2.32. The molecule has 0 saturated carbocycles. The molecule has 0 radical (unpaired) electrons. The quantitative estimate of drug-likeness (QED) is 0.0238. The number of carbonyl (C=O) groups is 13. The lowest BCUT2D eigenvalue weighted by Crippen LogP contribution is -2.59. The van der Waals surface area contributed by atoms with E-state index in [0.717, 1.165) is 23.7 Å². The van der Waals surface area contributed by atoms with E-state index in [2.05, 4.69) is 95.8 Å². The Bertz CT molecular complexity index is 3410. The summed E-state index contributed by atoms with van der Waals surface area (Å²) in [6.07, 6.45) is 6.16. The minimum atomic E-state index is -1.33. The van der Waals surface area contributed by atoms with Crippen LogP contribution in [0.25, 0.3) is 10.9 Å². The van der Waals surface area contributed by atoms with Crippen molar-refractivity contribution in [1.29, 1.82) is 0 Å². The zero-order valence-corrected chi connectivity index (χ0v) is 59.2. The molecule has 34 heteroatoms. The number of aromatic amines is 2. The first kappa shape index (κ1) is 82.8. The molecule has 2 aromatic carbocycles. The van der Waals surface area contributed by atoms with Gasteiger partial charge >= 0.3 is 17.9 Å². The molecule has 5 atom stereocenters. The number of anilines is 1. The van der Waals surface area contributed by atoms with E-state index < -0.39 is 134 Å². The van der Waals surface area contributed by atoms with Crippen LogP contribution in [0.15, 0.2) is 67.3 Å². The molecule has 0 aliphatic carbocycles. The van der Waals surface area contributed by atoms with Gasteiger partial charge in [0.25, 0.3) is 0 Å². The third-order valence-electron chi connectivity index (χ3n) is 16.4. The van der Waals surface area contributed by atoms with Gasteiger partial charge in [-0.3, -0.25) is 81.9 Å². The molecule has 34 nitrogen and oxygen atoms in total. The molecular weight excluding hydrogens is 1330 g/mol. The van der Waals surface area contributed by atoms with Gasteiger partial charge in [0.15, 0.2) is 0 Å². The van der Waals surface area contributed by atoms with E-state index in [9.17, 15) is 77.6 Å².